The van der Waals surface area contributed by atoms with Crippen LogP contribution in [0.25, 0.3) is 5.57 Å². The first-order chi connectivity index (χ1) is 12.5. The molecule has 0 spiro atoms. The van der Waals surface area contributed by atoms with Gasteiger partial charge in [0.15, 0.2) is 17.7 Å². The van der Waals surface area contributed by atoms with Crippen LogP contribution < -0.4 is 14.2 Å². The molecule has 1 aromatic rings. The Labute approximate surface area is 153 Å². The molecule has 0 radical (unpaired) electrons. The lowest BCUT2D eigenvalue weighted by molar-refractivity contribution is 0.130. The second kappa shape index (κ2) is 7.03. The van der Waals surface area contributed by atoms with Crippen molar-refractivity contribution in [3.63, 3.8) is 0 Å². The monoisotopic (exact) mass is 357 g/mol. The number of benzene rings is 1. The van der Waals surface area contributed by atoms with Gasteiger partial charge in [-0.25, -0.2) is 10.0 Å². The lowest BCUT2D eigenvalue weighted by Gasteiger charge is -2.35. The molecular weight excluding hydrogens is 334 g/mol. The third-order valence-electron chi connectivity index (χ3n) is 4.46. The summed E-state index contributed by atoms with van der Waals surface area (Å²) in [6.45, 7) is 6.23. The average Bonchev–Trinajstić information content (AvgIpc) is 3.11. The normalized spacial score (nSPS) is 18.1. The number of aliphatic imine (C=N–C) groups is 1. The largest absolute Gasteiger partial charge is 0.495 e. The molecule has 0 fully saturated rings. The molecule has 138 valence electrons. The highest BCUT2D eigenvalue weighted by molar-refractivity contribution is 5.76. The van der Waals surface area contributed by atoms with Crippen molar-refractivity contribution in [2.45, 2.75) is 13.1 Å². The predicted octanol–water partition coefficient (Wildman–Crippen LogP) is 3.02. The van der Waals surface area contributed by atoms with E-state index in [1.54, 1.807) is 34.8 Å². The quantitative estimate of drug-likeness (QED) is 0.780. The van der Waals surface area contributed by atoms with Gasteiger partial charge in [0.05, 0.1) is 34.1 Å². The second-order valence-corrected chi connectivity index (χ2v) is 5.77. The Kier molecular flexibility index (Phi) is 4.79. The van der Waals surface area contributed by atoms with Crippen LogP contribution in [0.5, 0.6) is 17.2 Å². The maximum Gasteiger partial charge on any atom is 0.203 e. The minimum Gasteiger partial charge on any atom is -0.495 e. The van der Waals surface area contributed by atoms with E-state index < -0.39 is 0 Å². The van der Waals surface area contributed by atoms with Gasteiger partial charge in [-0.1, -0.05) is 6.58 Å². The zero-order valence-corrected chi connectivity index (χ0v) is 15.6. The number of hydrazine groups is 1. The fraction of sp³-hybridized carbons (Fsp3) is 0.316. The van der Waals surface area contributed by atoms with E-state index in [0.717, 1.165) is 22.6 Å². The summed E-state index contributed by atoms with van der Waals surface area (Å²) in [5.74, 6) is 2.50. The van der Waals surface area contributed by atoms with Crippen molar-refractivity contribution in [3.05, 3.63) is 48.0 Å². The van der Waals surface area contributed by atoms with Crippen molar-refractivity contribution in [1.29, 1.82) is 0 Å². The van der Waals surface area contributed by atoms with Gasteiger partial charge < -0.3 is 18.9 Å². The topological polar surface area (TPSA) is 55.8 Å². The van der Waals surface area contributed by atoms with Gasteiger partial charge >= 0.3 is 0 Å². The van der Waals surface area contributed by atoms with E-state index in [1.165, 1.54) is 0 Å². The molecule has 3 rings (SSSR count). The van der Waals surface area contributed by atoms with Crippen LogP contribution in [0.15, 0.2) is 47.4 Å². The average molecular weight is 357 g/mol. The maximum atomic E-state index is 5.44. The number of allylic oxidation sites excluding steroid dienone is 2. The molecule has 0 aromatic heterocycles. The summed E-state index contributed by atoms with van der Waals surface area (Å²) >= 11 is 0. The van der Waals surface area contributed by atoms with E-state index in [2.05, 4.69) is 11.6 Å². The molecule has 1 aromatic carbocycles. The van der Waals surface area contributed by atoms with Crippen LogP contribution >= 0.6 is 0 Å². The van der Waals surface area contributed by atoms with E-state index in [1.807, 2.05) is 41.4 Å². The first-order valence-electron chi connectivity index (χ1n) is 8.08. The molecule has 26 heavy (non-hydrogen) atoms. The van der Waals surface area contributed by atoms with Gasteiger partial charge in [-0.2, -0.15) is 0 Å². The van der Waals surface area contributed by atoms with Gasteiger partial charge in [0, 0.05) is 6.20 Å². The van der Waals surface area contributed by atoms with Gasteiger partial charge in [-0.05, 0) is 36.3 Å². The number of methoxy groups -OCH3 is 4. The SMILES string of the molecule is C=C(c1cc(OC)c(OC)c(OC)c1)C1N=CN2C(C)=C(OC)C=CN12. The summed E-state index contributed by atoms with van der Waals surface area (Å²) in [7, 11) is 6.41. The lowest BCUT2D eigenvalue weighted by Crippen LogP contribution is -2.39. The van der Waals surface area contributed by atoms with E-state index in [4.69, 9.17) is 18.9 Å². The molecule has 2 heterocycles. The molecule has 1 atom stereocenters. The first-order valence-corrected chi connectivity index (χ1v) is 8.08. The van der Waals surface area contributed by atoms with Crippen LogP contribution in [0.1, 0.15) is 12.5 Å². The van der Waals surface area contributed by atoms with Gasteiger partial charge in [-0.15, -0.1) is 0 Å². The molecule has 2 aliphatic rings. The molecule has 0 saturated carbocycles. The Bertz CT molecular complexity index is 788. The van der Waals surface area contributed by atoms with Crippen molar-refractivity contribution >= 4 is 11.9 Å². The standard InChI is InChI=1S/C19H23N3O4/c1-12(14-9-16(24-4)18(26-6)17(10-14)25-5)19-20-11-22-13(2)15(23-3)7-8-21(19)22/h7-11,19H,1H2,2-6H3. The molecule has 0 bridgehead atoms. The Balaban J connectivity index is 1.93. The van der Waals surface area contributed by atoms with Gasteiger partial charge in [0.25, 0.3) is 0 Å². The highest BCUT2D eigenvalue weighted by Gasteiger charge is 2.32. The van der Waals surface area contributed by atoms with Crippen LogP contribution in [0, 0.1) is 0 Å². The van der Waals surface area contributed by atoms with Gasteiger partial charge in [0.1, 0.15) is 12.1 Å². The molecule has 0 N–H and O–H groups in total. The number of hydrogen-bond acceptors (Lipinski definition) is 7. The zero-order chi connectivity index (χ0) is 18.8. The lowest BCUT2D eigenvalue weighted by atomic mass is 10.0. The molecule has 7 nitrogen and oxygen atoms in total. The molecule has 0 aliphatic carbocycles. The van der Waals surface area contributed by atoms with Crippen molar-refractivity contribution in [3.8, 4) is 17.2 Å². The Morgan fingerprint density at radius 2 is 1.69 bits per heavy atom. The minimum absolute atomic E-state index is 0.276. The van der Waals surface area contributed by atoms with Gasteiger partial charge in [0.2, 0.25) is 5.75 Å². The number of hydrogen-bond donors (Lipinski definition) is 0. The van der Waals surface area contributed by atoms with Crippen molar-refractivity contribution in [1.82, 2.24) is 10.0 Å². The van der Waals surface area contributed by atoms with E-state index in [-0.39, 0.29) is 6.17 Å². The van der Waals surface area contributed by atoms with E-state index in [0.29, 0.717) is 17.2 Å². The number of nitrogens with zero attached hydrogens (tertiary/aromatic N) is 3. The smallest absolute Gasteiger partial charge is 0.203 e. The highest BCUT2D eigenvalue weighted by atomic mass is 16.5. The second-order valence-electron chi connectivity index (χ2n) is 5.77. The summed E-state index contributed by atoms with van der Waals surface area (Å²) in [6, 6.07) is 3.75. The number of ether oxygens (including phenoxy) is 4. The molecular formula is C19H23N3O4. The van der Waals surface area contributed by atoms with Crippen LogP contribution in [0.3, 0.4) is 0 Å². The van der Waals surface area contributed by atoms with E-state index in [9.17, 15) is 0 Å². The molecule has 1 unspecified atom stereocenters. The Hall–Kier alpha value is -3.09. The molecule has 0 saturated heterocycles. The molecule has 0 amide bonds. The first kappa shape index (κ1) is 17.7. The molecule has 2 aliphatic heterocycles. The summed E-state index contributed by atoms with van der Waals surface area (Å²) < 4.78 is 21.6. The van der Waals surface area contributed by atoms with Crippen LogP contribution in [-0.4, -0.2) is 51.0 Å². The predicted molar refractivity (Wildman–Crippen MR) is 99.9 cm³/mol. The Morgan fingerprint density at radius 1 is 1.04 bits per heavy atom. The number of fused-ring (bicyclic) bond motifs is 1. The highest BCUT2D eigenvalue weighted by Crippen LogP contribution is 2.41. The van der Waals surface area contributed by atoms with Crippen LogP contribution in [0.4, 0.5) is 0 Å². The van der Waals surface area contributed by atoms with Crippen molar-refractivity contribution < 1.29 is 18.9 Å². The molecule has 7 heteroatoms. The minimum atomic E-state index is -0.276. The van der Waals surface area contributed by atoms with Gasteiger partial charge in [-0.3, -0.25) is 5.01 Å². The number of rotatable bonds is 6. The maximum absolute atomic E-state index is 5.44. The summed E-state index contributed by atoms with van der Waals surface area (Å²) in [5.41, 5.74) is 2.62. The van der Waals surface area contributed by atoms with Crippen molar-refractivity contribution in [2.24, 2.45) is 4.99 Å². The summed E-state index contributed by atoms with van der Waals surface area (Å²) in [6.07, 6.45) is 5.33. The fourth-order valence-electron chi connectivity index (χ4n) is 3.04. The summed E-state index contributed by atoms with van der Waals surface area (Å²) in [4.78, 5) is 4.60. The van der Waals surface area contributed by atoms with Crippen LogP contribution in [-0.2, 0) is 4.74 Å². The van der Waals surface area contributed by atoms with Crippen LogP contribution in [0.2, 0.25) is 0 Å². The van der Waals surface area contributed by atoms with E-state index >= 15 is 0 Å². The summed E-state index contributed by atoms with van der Waals surface area (Å²) in [5, 5.41) is 3.93. The van der Waals surface area contributed by atoms with Crippen molar-refractivity contribution in [2.75, 3.05) is 28.4 Å². The fourth-order valence-corrected chi connectivity index (χ4v) is 3.04. The zero-order valence-electron chi connectivity index (χ0n) is 15.6. The third-order valence-corrected chi connectivity index (χ3v) is 4.46. The third kappa shape index (κ3) is 2.75. The Morgan fingerprint density at radius 3 is 2.23 bits per heavy atom.